The average molecular weight is 413 g/mol. The van der Waals surface area contributed by atoms with Crippen molar-refractivity contribution in [3.63, 3.8) is 0 Å². The highest BCUT2D eigenvalue weighted by Gasteiger charge is 2.20. The van der Waals surface area contributed by atoms with E-state index in [1.165, 1.54) is 18.7 Å². The lowest BCUT2D eigenvalue weighted by molar-refractivity contribution is 0.0947. The summed E-state index contributed by atoms with van der Waals surface area (Å²) in [5, 5.41) is 17.7. The number of benzene rings is 2. The van der Waals surface area contributed by atoms with Gasteiger partial charge in [0.05, 0.1) is 11.9 Å². The number of amides is 1. The first-order chi connectivity index (χ1) is 14.8. The molecule has 0 saturated heterocycles. The third kappa shape index (κ3) is 4.59. The van der Waals surface area contributed by atoms with Gasteiger partial charge in [-0.2, -0.15) is 20.1 Å². The van der Waals surface area contributed by atoms with Crippen LogP contribution in [0.4, 0.5) is 0 Å². The van der Waals surface area contributed by atoms with Crippen LogP contribution in [0.2, 0.25) is 0 Å². The number of nitrogens with zero attached hydrogens (tertiary/aromatic N) is 4. The Labute approximate surface area is 180 Å². The topological polar surface area (TPSA) is 100 Å². The molecule has 2 aromatic carbocycles. The van der Waals surface area contributed by atoms with Gasteiger partial charge in [-0.3, -0.25) is 9.59 Å². The summed E-state index contributed by atoms with van der Waals surface area (Å²) in [5.74, 6) is -0.176. The number of rotatable bonds is 5. The standard InChI is InChI=1S/C24H23N5O2/c1-15(2)19-11-9-18(10-12-19)14-26-27-23(30)22-17(4)20(13-25)24(31)29(28-22)21-8-6-5-7-16(21)3/h5-12,14-15H,1-4H3,(H,27,30)/b26-14-. The van der Waals surface area contributed by atoms with Crippen LogP contribution < -0.4 is 11.0 Å². The Hall–Kier alpha value is -4.05. The molecule has 1 amide bonds. The molecule has 0 aliphatic heterocycles. The van der Waals surface area contributed by atoms with Crippen molar-refractivity contribution >= 4 is 12.1 Å². The minimum atomic E-state index is -0.605. The second-order valence-corrected chi connectivity index (χ2v) is 7.48. The number of carbonyl (C=O) groups is 1. The van der Waals surface area contributed by atoms with Crippen LogP contribution in [0.15, 0.2) is 58.4 Å². The molecule has 1 aromatic heterocycles. The third-order valence-electron chi connectivity index (χ3n) is 4.99. The number of aryl methyl sites for hydroxylation is 1. The number of para-hydroxylation sites is 1. The molecular weight excluding hydrogens is 390 g/mol. The molecule has 0 unspecified atom stereocenters. The molecule has 0 atom stereocenters. The second-order valence-electron chi connectivity index (χ2n) is 7.48. The molecule has 7 nitrogen and oxygen atoms in total. The summed E-state index contributed by atoms with van der Waals surface area (Å²) in [4.78, 5) is 25.5. The van der Waals surface area contributed by atoms with Gasteiger partial charge >= 0.3 is 0 Å². The van der Waals surface area contributed by atoms with Crippen molar-refractivity contribution in [2.75, 3.05) is 0 Å². The number of carbonyl (C=O) groups excluding carboxylic acids is 1. The fourth-order valence-corrected chi connectivity index (χ4v) is 3.10. The number of nitriles is 1. The maximum Gasteiger partial charge on any atom is 0.292 e. The second kappa shape index (κ2) is 9.18. The van der Waals surface area contributed by atoms with Gasteiger partial charge in [0.25, 0.3) is 11.5 Å². The van der Waals surface area contributed by atoms with Crippen LogP contribution in [0.25, 0.3) is 5.69 Å². The highest BCUT2D eigenvalue weighted by Crippen LogP contribution is 2.15. The molecule has 7 heteroatoms. The Balaban J connectivity index is 1.92. The maximum absolute atomic E-state index is 12.7. The summed E-state index contributed by atoms with van der Waals surface area (Å²) in [6.07, 6.45) is 1.53. The van der Waals surface area contributed by atoms with E-state index < -0.39 is 11.5 Å². The lowest BCUT2D eigenvalue weighted by Gasteiger charge is -2.12. The van der Waals surface area contributed by atoms with Crippen molar-refractivity contribution in [2.24, 2.45) is 5.10 Å². The van der Waals surface area contributed by atoms with Crippen LogP contribution in [-0.4, -0.2) is 21.9 Å². The quantitative estimate of drug-likeness (QED) is 0.510. The number of nitrogens with one attached hydrogen (secondary N) is 1. The zero-order valence-electron chi connectivity index (χ0n) is 17.9. The molecule has 156 valence electrons. The van der Waals surface area contributed by atoms with Crippen LogP contribution in [-0.2, 0) is 0 Å². The van der Waals surface area contributed by atoms with Crippen molar-refractivity contribution in [1.82, 2.24) is 15.2 Å². The lowest BCUT2D eigenvalue weighted by Crippen LogP contribution is -2.31. The normalized spacial score (nSPS) is 11.0. The molecule has 3 aromatic rings. The Kier molecular flexibility index (Phi) is 6.41. The Morgan fingerprint density at radius 3 is 2.45 bits per heavy atom. The van der Waals surface area contributed by atoms with Crippen molar-refractivity contribution in [1.29, 1.82) is 5.26 Å². The summed E-state index contributed by atoms with van der Waals surface area (Å²) in [6.45, 7) is 7.58. The zero-order chi connectivity index (χ0) is 22.5. The van der Waals surface area contributed by atoms with Gasteiger partial charge in [0.15, 0.2) is 5.69 Å². The first kappa shape index (κ1) is 21.7. The minimum Gasteiger partial charge on any atom is -0.266 e. The van der Waals surface area contributed by atoms with Crippen LogP contribution in [0.5, 0.6) is 0 Å². The van der Waals surface area contributed by atoms with E-state index in [2.05, 4.69) is 29.5 Å². The predicted molar refractivity (Wildman–Crippen MR) is 120 cm³/mol. The predicted octanol–water partition coefficient (Wildman–Crippen LogP) is 3.61. The first-order valence-corrected chi connectivity index (χ1v) is 9.87. The Bertz CT molecular complexity index is 1250. The van der Waals surface area contributed by atoms with E-state index in [1.807, 2.05) is 49.4 Å². The maximum atomic E-state index is 12.7. The SMILES string of the molecule is Cc1ccccc1-n1nc(C(=O)N/N=C\c2ccc(C(C)C)cc2)c(C)c(C#N)c1=O. The molecule has 0 spiro atoms. The molecule has 0 bridgehead atoms. The van der Waals surface area contributed by atoms with E-state index in [0.717, 1.165) is 15.8 Å². The average Bonchev–Trinajstić information content (AvgIpc) is 2.75. The largest absolute Gasteiger partial charge is 0.292 e. The molecule has 31 heavy (non-hydrogen) atoms. The summed E-state index contributed by atoms with van der Waals surface area (Å²) < 4.78 is 1.09. The van der Waals surface area contributed by atoms with Gasteiger partial charge in [-0.05, 0) is 42.5 Å². The van der Waals surface area contributed by atoms with Gasteiger partial charge in [0, 0.05) is 5.56 Å². The van der Waals surface area contributed by atoms with Gasteiger partial charge in [-0.1, -0.05) is 56.3 Å². The first-order valence-electron chi connectivity index (χ1n) is 9.87. The van der Waals surface area contributed by atoms with Crippen molar-refractivity contribution in [3.05, 3.63) is 92.4 Å². The van der Waals surface area contributed by atoms with E-state index in [0.29, 0.717) is 11.6 Å². The van der Waals surface area contributed by atoms with Crippen LogP contribution in [0.1, 0.15) is 58.1 Å². The summed E-state index contributed by atoms with van der Waals surface area (Å²) >= 11 is 0. The molecular formula is C24H23N5O2. The minimum absolute atomic E-state index is 0.0355. The van der Waals surface area contributed by atoms with Crippen LogP contribution in [0.3, 0.4) is 0 Å². The van der Waals surface area contributed by atoms with E-state index in [-0.39, 0.29) is 16.8 Å². The van der Waals surface area contributed by atoms with E-state index in [1.54, 1.807) is 12.1 Å². The van der Waals surface area contributed by atoms with E-state index >= 15 is 0 Å². The van der Waals surface area contributed by atoms with Gasteiger partial charge < -0.3 is 0 Å². The summed E-state index contributed by atoms with van der Waals surface area (Å²) in [6, 6.07) is 16.9. The fourth-order valence-electron chi connectivity index (χ4n) is 3.10. The molecule has 0 aliphatic carbocycles. The molecule has 1 heterocycles. The molecule has 0 saturated carbocycles. The smallest absolute Gasteiger partial charge is 0.266 e. The Morgan fingerprint density at radius 1 is 1.16 bits per heavy atom. The summed E-state index contributed by atoms with van der Waals surface area (Å²) in [7, 11) is 0. The number of hydrogen-bond donors (Lipinski definition) is 1. The van der Waals surface area contributed by atoms with E-state index in [9.17, 15) is 14.9 Å². The third-order valence-corrected chi connectivity index (χ3v) is 4.99. The molecule has 0 fully saturated rings. The Morgan fingerprint density at radius 2 is 1.84 bits per heavy atom. The van der Waals surface area contributed by atoms with Gasteiger partial charge in [-0.25, -0.2) is 5.43 Å². The molecule has 1 N–H and O–H groups in total. The van der Waals surface area contributed by atoms with Crippen molar-refractivity contribution < 1.29 is 4.79 Å². The van der Waals surface area contributed by atoms with Crippen molar-refractivity contribution in [2.45, 2.75) is 33.6 Å². The number of aromatic nitrogens is 2. The van der Waals surface area contributed by atoms with E-state index in [4.69, 9.17) is 0 Å². The highest BCUT2D eigenvalue weighted by atomic mass is 16.2. The fraction of sp³-hybridized carbons (Fsp3) is 0.208. The van der Waals surface area contributed by atoms with Crippen molar-refractivity contribution in [3.8, 4) is 11.8 Å². The lowest BCUT2D eigenvalue weighted by atomic mass is 10.0. The molecule has 0 aliphatic rings. The van der Waals surface area contributed by atoms with Gasteiger partial charge in [0.1, 0.15) is 11.6 Å². The van der Waals surface area contributed by atoms with Crippen LogP contribution >= 0.6 is 0 Å². The summed E-state index contributed by atoms with van der Waals surface area (Å²) in [5.41, 5.74) is 5.25. The van der Waals surface area contributed by atoms with Gasteiger partial charge in [0.2, 0.25) is 0 Å². The molecule has 0 radical (unpaired) electrons. The number of hydrogen-bond acceptors (Lipinski definition) is 5. The number of hydrazone groups is 1. The molecule has 3 rings (SSSR count). The highest BCUT2D eigenvalue weighted by molar-refractivity contribution is 5.94. The monoisotopic (exact) mass is 413 g/mol. The van der Waals surface area contributed by atoms with Crippen LogP contribution in [0, 0.1) is 25.2 Å². The van der Waals surface area contributed by atoms with Gasteiger partial charge in [-0.15, -0.1) is 0 Å². The zero-order valence-corrected chi connectivity index (χ0v) is 17.9.